The molecule has 1 heterocycles. The van der Waals surface area contributed by atoms with Gasteiger partial charge in [-0.05, 0) is 34.6 Å². The van der Waals surface area contributed by atoms with Gasteiger partial charge in [0.15, 0.2) is 0 Å². The van der Waals surface area contributed by atoms with Crippen LogP contribution < -0.4 is 5.73 Å². The number of likely N-dealkylation sites (tertiary alicyclic amines) is 1. The van der Waals surface area contributed by atoms with Crippen LogP contribution in [-0.2, 0) is 9.47 Å². The van der Waals surface area contributed by atoms with Crippen LogP contribution in [0.4, 0.5) is 4.79 Å². The van der Waals surface area contributed by atoms with Crippen LogP contribution in [0.15, 0.2) is 0 Å². The van der Waals surface area contributed by atoms with Crippen molar-refractivity contribution in [2.24, 2.45) is 5.73 Å². The third-order valence-corrected chi connectivity index (χ3v) is 2.47. The maximum absolute atomic E-state index is 11.7. The highest BCUT2D eigenvalue weighted by Crippen LogP contribution is 2.27. The van der Waals surface area contributed by atoms with Gasteiger partial charge in [-0.1, -0.05) is 0 Å². The van der Waals surface area contributed by atoms with Crippen molar-refractivity contribution in [3.63, 3.8) is 0 Å². The van der Waals surface area contributed by atoms with Gasteiger partial charge in [0.2, 0.25) is 0 Å². The minimum absolute atomic E-state index is 0. The van der Waals surface area contributed by atoms with Crippen molar-refractivity contribution >= 4 is 18.5 Å². The molecular weight excluding hydrogens is 256 g/mol. The van der Waals surface area contributed by atoms with E-state index in [4.69, 9.17) is 15.2 Å². The molecule has 1 aliphatic rings. The van der Waals surface area contributed by atoms with E-state index in [2.05, 4.69) is 0 Å². The molecule has 5 nitrogen and oxygen atoms in total. The van der Waals surface area contributed by atoms with E-state index in [-0.39, 0.29) is 30.2 Å². The molecule has 0 spiro atoms. The molecule has 0 aromatic carbocycles. The summed E-state index contributed by atoms with van der Waals surface area (Å²) >= 11 is 0. The predicted molar refractivity (Wildman–Crippen MR) is 73.1 cm³/mol. The number of halogens is 1. The first-order valence-corrected chi connectivity index (χ1v) is 6.03. The Morgan fingerprint density at radius 3 is 2.22 bits per heavy atom. The third kappa shape index (κ3) is 4.63. The fraction of sp³-hybridized carbons (Fsp3) is 0.917. The quantitative estimate of drug-likeness (QED) is 0.856. The molecule has 2 N–H and O–H groups in total. The first-order valence-electron chi connectivity index (χ1n) is 6.03. The number of amides is 1. The average molecular weight is 281 g/mol. The lowest BCUT2D eigenvalue weighted by Crippen LogP contribution is -2.69. The molecule has 0 aromatic heterocycles. The topological polar surface area (TPSA) is 64.8 Å². The number of nitrogens with zero attached hydrogens (tertiary/aromatic N) is 1. The highest BCUT2D eigenvalue weighted by atomic mass is 35.5. The minimum Gasteiger partial charge on any atom is -0.444 e. The number of carbonyl (C=O) groups is 1. The zero-order chi connectivity index (χ0) is 13.3. The average Bonchev–Trinajstić information content (AvgIpc) is 2.06. The molecule has 18 heavy (non-hydrogen) atoms. The standard InChI is InChI=1S/C12H24N2O3.ClH/c1-9(2)16-12(6-13)7-14(8-12)10(15)17-11(3,4)5;/h9H,6-8,13H2,1-5H3;1H. The molecule has 6 heteroatoms. The number of ether oxygens (including phenoxy) is 2. The lowest BCUT2D eigenvalue weighted by atomic mass is 9.94. The van der Waals surface area contributed by atoms with Crippen molar-refractivity contribution in [2.75, 3.05) is 19.6 Å². The second kappa shape index (κ2) is 6.08. The first kappa shape index (κ1) is 17.5. The van der Waals surface area contributed by atoms with Crippen LogP contribution in [-0.4, -0.2) is 47.9 Å². The van der Waals surface area contributed by atoms with Crippen molar-refractivity contribution in [2.45, 2.75) is 51.9 Å². The Hall–Kier alpha value is -0.520. The van der Waals surface area contributed by atoms with E-state index in [1.165, 1.54) is 0 Å². The molecular formula is C12H25ClN2O3. The smallest absolute Gasteiger partial charge is 0.410 e. The molecule has 1 amide bonds. The van der Waals surface area contributed by atoms with Crippen molar-refractivity contribution < 1.29 is 14.3 Å². The Morgan fingerprint density at radius 1 is 1.39 bits per heavy atom. The normalized spacial score (nSPS) is 18.1. The lowest BCUT2D eigenvalue weighted by molar-refractivity contribution is -0.154. The van der Waals surface area contributed by atoms with E-state index < -0.39 is 5.60 Å². The molecule has 1 aliphatic heterocycles. The fourth-order valence-corrected chi connectivity index (χ4v) is 1.86. The van der Waals surface area contributed by atoms with E-state index in [9.17, 15) is 4.79 Å². The Morgan fingerprint density at radius 2 is 1.89 bits per heavy atom. The summed E-state index contributed by atoms with van der Waals surface area (Å²) in [6.45, 7) is 10.9. The second-order valence-electron chi connectivity index (χ2n) is 5.89. The van der Waals surface area contributed by atoms with E-state index >= 15 is 0 Å². The number of carbonyl (C=O) groups excluding carboxylic acids is 1. The Kier molecular flexibility index (Phi) is 5.91. The fourth-order valence-electron chi connectivity index (χ4n) is 1.86. The summed E-state index contributed by atoms with van der Waals surface area (Å²) in [6, 6.07) is 0. The van der Waals surface area contributed by atoms with E-state index in [1.807, 2.05) is 34.6 Å². The van der Waals surface area contributed by atoms with Crippen molar-refractivity contribution in [3.8, 4) is 0 Å². The summed E-state index contributed by atoms with van der Waals surface area (Å²) in [5.41, 5.74) is 4.86. The maximum atomic E-state index is 11.7. The van der Waals surface area contributed by atoms with Crippen LogP contribution in [0.25, 0.3) is 0 Å². The summed E-state index contributed by atoms with van der Waals surface area (Å²) in [5.74, 6) is 0. The lowest BCUT2D eigenvalue weighted by Gasteiger charge is -2.49. The summed E-state index contributed by atoms with van der Waals surface area (Å²) in [6.07, 6.45) is -0.187. The molecule has 1 fully saturated rings. The zero-order valence-corrected chi connectivity index (χ0v) is 12.7. The van der Waals surface area contributed by atoms with E-state index in [1.54, 1.807) is 4.90 Å². The Balaban J connectivity index is 0.00000289. The molecule has 1 saturated heterocycles. The van der Waals surface area contributed by atoms with Gasteiger partial charge >= 0.3 is 6.09 Å². The molecule has 0 saturated carbocycles. The largest absolute Gasteiger partial charge is 0.444 e. The summed E-state index contributed by atoms with van der Waals surface area (Å²) in [7, 11) is 0. The van der Waals surface area contributed by atoms with Gasteiger partial charge in [0.25, 0.3) is 0 Å². The first-order chi connectivity index (χ1) is 7.67. The molecule has 0 aromatic rings. The number of hydrogen-bond donors (Lipinski definition) is 1. The van der Waals surface area contributed by atoms with Gasteiger partial charge in [0, 0.05) is 6.54 Å². The predicted octanol–water partition coefficient (Wildman–Crippen LogP) is 1.78. The van der Waals surface area contributed by atoms with Gasteiger partial charge in [-0.3, -0.25) is 0 Å². The minimum atomic E-state index is -0.461. The maximum Gasteiger partial charge on any atom is 0.410 e. The number of rotatable bonds is 3. The molecule has 0 aliphatic carbocycles. The van der Waals surface area contributed by atoms with Gasteiger partial charge < -0.3 is 20.1 Å². The summed E-state index contributed by atoms with van der Waals surface area (Å²) in [5, 5.41) is 0. The molecule has 0 radical (unpaired) electrons. The van der Waals surface area contributed by atoms with Gasteiger partial charge in [0.05, 0.1) is 19.2 Å². The zero-order valence-electron chi connectivity index (χ0n) is 11.9. The van der Waals surface area contributed by atoms with Crippen LogP contribution in [0.2, 0.25) is 0 Å². The van der Waals surface area contributed by atoms with Gasteiger partial charge in [0.1, 0.15) is 11.2 Å². The molecule has 0 unspecified atom stereocenters. The van der Waals surface area contributed by atoms with E-state index in [0.29, 0.717) is 19.6 Å². The second-order valence-corrected chi connectivity index (χ2v) is 5.89. The summed E-state index contributed by atoms with van der Waals surface area (Å²) in [4.78, 5) is 13.4. The van der Waals surface area contributed by atoms with Crippen LogP contribution >= 0.6 is 12.4 Å². The van der Waals surface area contributed by atoms with Gasteiger partial charge in [-0.2, -0.15) is 0 Å². The highest BCUT2D eigenvalue weighted by Gasteiger charge is 2.47. The van der Waals surface area contributed by atoms with Gasteiger partial charge in [-0.15, -0.1) is 12.4 Å². The molecule has 1 rings (SSSR count). The van der Waals surface area contributed by atoms with Gasteiger partial charge in [-0.25, -0.2) is 4.79 Å². The van der Waals surface area contributed by atoms with Crippen molar-refractivity contribution in [1.29, 1.82) is 0 Å². The number of hydrogen-bond acceptors (Lipinski definition) is 4. The monoisotopic (exact) mass is 280 g/mol. The van der Waals surface area contributed by atoms with Crippen molar-refractivity contribution in [3.05, 3.63) is 0 Å². The molecule has 108 valence electrons. The SMILES string of the molecule is CC(C)OC1(CN)CN(C(=O)OC(C)(C)C)C1.Cl. The third-order valence-electron chi connectivity index (χ3n) is 2.47. The van der Waals surface area contributed by atoms with Crippen LogP contribution in [0.5, 0.6) is 0 Å². The Labute approximate surface area is 115 Å². The van der Waals surface area contributed by atoms with Crippen LogP contribution in [0, 0.1) is 0 Å². The van der Waals surface area contributed by atoms with E-state index in [0.717, 1.165) is 0 Å². The summed E-state index contributed by atoms with van der Waals surface area (Å²) < 4.78 is 11.0. The highest BCUT2D eigenvalue weighted by molar-refractivity contribution is 5.85. The van der Waals surface area contributed by atoms with Crippen LogP contribution in [0.1, 0.15) is 34.6 Å². The van der Waals surface area contributed by atoms with Crippen molar-refractivity contribution in [1.82, 2.24) is 4.90 Å². The molecule has 0 atom stereocenters. The Bertz CT molecular complexity index is 284. The number of nitrogens with two attached hydrogens (primary N) is 1. The molecule has 0 bridgehead atoms. The van der Waals surface area contributed by atoms with Crippen LogP contribution in [0.3, 0.4) is 0 Å².